The first-order chi connectivity index (χ1) is 14.6. The number of fused-ring (bicyclic) bond motifs is 1. The molecule has 1 spiro atoms. The van der Waals surface area contributed by atoms with Crippen molar-refractivity contribution < 1.29 is 9.53 Å². The number of hydrogen-bond donors (Lipinski definition) is 1. The number of rotatable bonds is 5. The molecule has 2 aromatic carbocycles. The van der Waals surface area contributed by atoms with E-state index in [9.17, 15) is 4.79 Å². The van der Waals surface area contributed by atoms with E-state index in [1.165, 1.54) is 11.1 Å². The first-order valence-corrected chi connectivity index (χ1v) is 11.2. The van der Waals surface area contributed by atoms with Gasteiger partial charge in [-0.25, -0.2) is 0 Å². The number of nitrogens with one attached hydrogen (secondary N) is 1. The van der Waals surface area contributed by atoms with Crippen LogP contribution in [0.5, 0.6) is 5.75 Å². The lowest BCUT2D eigenvalue weighted by Crippen LogP contribution is -2.46. The molecule has 2 aliphatic heterocycles. The van der Waals surface area contributed by atoms with Crippen LogP contribution in [0.2, 0.25) is 0 Å². The zero-order valence-electron chi connectivity index (χ0n) is 18.3. The molecule has 0 atom stereocenters. The fraction of sp³-hybridized carbons (Fsp3) is 0.423. The number of carbonyl (C=O) groups is 1. The van der Waals surface area contributed by atoms with E-state index in [-0.39, 0.29) is 11.5 Å². The predicted molar refractivity (Wildman–Crippen MR) is 122 cm³/mol. The number of aryl methyl sites for hydroxylation is 1. The van der Waals surface area contributed by atoms with Gasteiger partial charge in [0.2, 0.25) is 0 Å². The van der Waals surface area contributed by atoms with Crippen molar-refractivity contribution in [3.05, 3.63) is 70.8 Å². The van der Waals surface area contributed by atoms with Gasteiger partial charge in [-0.2, -0.15) is 0 Å². The molecule has 2 aliphatic rings. The lowest BCUT2D eigenvalue weighted by molar-refractivity contribution is 0.0772. The number of hydrogen-bond acceptors (Lipinski definition) is 3. The molecule has 1 fully saturated rings. The van der Waals surface area contributed by atoms with E-state index >= 15 is 0 Å². The molecule has 1 saturated heterocycles. The highest BCUT2D eigenvalue weighted by atomic mass is 16.5. The third-order valence-corrected chi connectivity index (χ3v) is 6.41. The molecule has 4 heteroatoms. The minimum absolute atomic E-state index is 0.0929. The van der Waals surface area contributed by atoms with E-state index in [0.717, 1.165) is 67.9 Å². The Morgan fingerprint density at radius 3 is 2.37 bits per heavy atom. The van der Waals surface area contributed by atoms with Crippen LogP contribution < -0.4 is 10.1 Å². The van der Waals surface area contributed by atoms with E-state index in [0.29, 0.717) is 0 Å². The summed E-state index contributed by atoms with van der Waals surface area (Å²) in [6.07, 6.45) is 5.24. The van der Waals surface area contributed by atoms with Crippen molar-refractivity contribution >= 4 is 11.5 Å². The number of nitrogens with zero attached hydrogens (tertiary/aromatic N) is 1. The Balaban J connectivity index is 1.73. The summed E-state index contributed by atoms with van der Waals surface area (Å²) >= 11 is 0. The molecule has 0 aromatic heterocycles. The highest BCUT2D eigenvalue weighted by Crippen LogP contribution is 2.43. The Kier molecular flexibility index (Phi) is 5.96. The largest absolute Gasteiger partial charge is 0.482 e. The second-order valence-corrected chi connectivity index (χ2v) is 8.21. The van der Waals surface area contributed by atoms with Gasteiger partial charge in [0.15, 0.2) is 0 Å². The van der Waals surface area contributed by atoms with Crippen LogP contribution >= 0.6 is 0 Å². The molecule has 0 aliphatic carbocycles. The van der Waals surface area contributed by atoms with E-state index in [1.807, 2.05) is 30.9 Å². The normalized spacial score (nSPS) is 17.1. The first-order valence-electron chi connectivity index (χ1n) is 11.2. The zero-order chi connectivity index (χ0) is 21.1. The van der Waals surface area contributed by atoms with E-state index < -0.39 is 0 Å². The van der Waals surface area contributed by atoms with Gasteiger partial charge in [-0.05, 0) is 74.3 Å². The summed E-state index contributed by atoms with van der Waals surface area (Å²) in [4.78, 5) is 14.5. The van der Waals surface area contributed by atoms with Gasteiger partial charge < -0.3 is 15.0 Å². The van der Waals surface area contributed by atoms with Gasteiger partial charge in [-0.15, -0.1) is 0 Å². The standard InChI is InChI=1S/C26H32N2O2/c1-4-19-7-12-22-23(18-26(30-24(22)17-19)13-15-27-16-14-26)20-8-10-21(11-9-20)25(29)28(5-2)6-3/h7-12,17-18,27H,4-6,13-16H2,1-3H3. The summed E-state index contributed by atoms with van der Waals surface area (Å²) in [6, 6.07) is 14.7. The molecule has 0 radical (unpaired) electrons. The smallest absolute Gasteiger partial charge is 0.253 e. The maximum absolute atomic E-state index is 12.7. The van der Waals surface area contributed by atoms with Gasteiger partial charge in [0.1, 0.15) is 11.4 Å². The van der Waals surface area contributed by atoms with Gasteiger partial charge in [0.05, 0.1) is 0 Å². The number of benzene rings is 2. The molecule has 0 saturated carbocycles. The van der Waals surface area contributed by atoms with Crippen LogP contribution in [0.4, 0.5) is 0 Å². The molecule has 158 valence electrons. The fourth-order valence-electron chi connectivity index (χ4n) is 4.50. The molecular formula is C26H32N2O2. The minimum atomic E-state index is -0.254. The Hall–Kier alpha value is -2.59. The summed E-state index contributed by atoms with van der Waals surface area (Å²) in [5, 5.41) is 3.45. The van der Waals surface area contributed by atoms with Gasteiger partial charge in [-0.1, -0.05) is 31.2 Å². The molecule has 0 unspecified atom stereocenters. The maximum atomic E-state index is 12.7. The zero-order valence-corrected chi connectivity index (χ0v) is 18.3. The molecule has 0 bridgehead atoms. The average Bonchev–Trinajstić information content (AvgIpc) is 2.79. The van der Waals surface area contributed by atoms with Crippen LogP contribution in [0.25, 0.3) is 5.57 Å². The monoisotopic (exact) mass is 404 g/mol. The van der Waals surface area contributed by atoms with Crippen LogP contribution in [-0.4, -0.2) is 42.6 Å². The summed E-state index contributed by atoms with van der Waals surface area (Å²) in [6.45, 7) is 9.58. The van der Waals surface area contributed by atoms with Crippen molar-refractivity contribution in [1.82, 2.24) is 10.2 Å². The van der Waals surface area contributed by atoms with Crippen LogP contribution in [0, 0.1) is 0 Å². The van der Waals surface area contributed by atoms with Crippen LogP contribution in [0.1, 0.15) is 60.7 Å². The van der Waals surface area contributed by atoms with E-state index in [2.05, 4.69) is 48.6 Å². The number of piperidine rings is 1. The lowest BCUT2D eigenvalue weighted by Gasteiger charge is -2.40. The second kappa shape index (κ2) is 8.65. The molecule has 4 nitrogen and oxygen atoms in total. The molecular weight excluding hydrogens is 372 g/mol. The molecule has 1 N–H and O–H groups in total. The molecule has 2 aromatic rings. The lowest BCUT2D eigenvalue weighted by atomic mass is 9.83. The minimum Gasteiger partial charge on any atom is -0.482 e. The van der Waals surface area contributed by atoms with Crippen molar-refractivity contribution in [2.75, 3.05) is 26.2 Å². The summed E-state index contributed by atoms with van der Waals surface area (Å²) in [7, 11) is 0. The maximum Gasteiger partial charge on any atom is 0.253 e. The number of amides is 1. The van der Waals surface area contributed by atoms with Gasteiger partial charge in [0, 0.05) is 37.1 Å². The number of carbonyl (C=O) groups excluding carboxylic acids is 1. The quantitative estimate of drug-likeness (QED) is 0.787. The van der Waals surface area contributed by atoms with Crippen LogP contribution in [0.3, 0.4) is 0 Å². The molecule has 4 rings (SSSR count). The van der Waals surface area contributed by atoms with Crippen LogP contribution in [-0.2, 0) is 6.42 Å². The highest BCUT2D eigenvalue weighted by molar-refractivity contribution is 5.95. The number of ether oxygens (including phenoxy) is 1. The van der Waals surface area contributed by atoms with Gasteiger partial charge in [-0.3, -0.25) is 4.79 Å². The Morgan fingerprint density at radius 1 is 1.03 bits per heavy atom. The van der Waals surface area contributed by atoms with Crippen molar-refractivity contribution in [1.29, 1.82) is 0 Å². The SMILES string of the molecule is CCc1ccc2c(c1)OC1(C=C2c2ccc(C(=O)N(CC)CC)cc2)CCNCC1. The third kappa shape index (κ3) is 3.89. The topological polar surface area (TPSA) is 41.6 Å². The fourth-order valence-corrected chi connectivity index (χ4v) is 4.50. The Bertz CT molecular complexity index is 936. The van der Waals surface area contributed by atoms with Crippen molar-refractivity contribution in [2.45, 2.75) is 45.6 Å². The van der Waals surface area contributed by atoms with Crippen molar-refractivity contribution in [3.63, 3.8) is 0 Å². The molecule has 2 heterocycles. The molecule has 1 amide bonds. The summed E-state index contributed by atoms with van der Waals surface area (Å²) in [5.74, 6) is 1.08. The first kappa shape index (κ1) is 20.7. The average molecular weight is 405 g/mol. The highest BCUT2D eigenvalue weighted by Gasteiger charge is 2.37. The Labute approximate surface area is 179 Å². The van der Waals surface area contributed by atoms with Crippen molar-refractivity contribution in [3.8, 4) is 5.75 Å². The second-order valence-electron chi connectivity index (χ2n) is 8.21. The van der Waals surface area contributed by atoms with Crippen LogP contribution in [0.15, 0.2) is 48.5 Å². The molecule has 30 heavy (non-hydrogen) atoms. The summed E-state index contributed by atoms with van der Waals surface area (Å²) < 4.78 is 6.60. The van der Waals surface area contributed by atoms with E-state index in [1.54, 1.807) is 0 Å². The summed E-state index contributed by atoms with van der Waals surface area (Å²) in [5.41, 5.74) is 5.27. The van der Waals surface area contributed by atoms with Gasteiger partial charge in [0.25, 0.3) is 5.91 Å². The van der Waals surface area contributed by atoms with Crippen molar-refractivity contribution in [2.24, 2.45) is 0 Å². The van der Waals surface area contributed by atoms with E-state index in [4.69, 9.17) is 4.74 Å². The third-order valence-electron chi connectivity index (χ3n) is 6.41. The van der Waals surface area contributed by atoms with Gasteiger partial charge >= 0.3 is 0 Å². The predicted octanol–water partition coefficient (Wildman–Crippen LogP) is 4.68. The Morgan fingerprint density at radius 2 is 1.73 bits per heavy atom.